The van der Waals surface area contributed by atoms with E-state index < -0.39 is 11.1 Å². The molecule has 2 aromatic carbocycles. The van der Waals surface area contributed by atoms with Gasteiger partial charge in [0.2, 0.25) is 0 Å². The summed E-state index contributed by atoms with van der Waals surface area (Å²) < 4.78 is 6.01. The van der Waals surface area contributed by atoms with Gasteiger partial charge < -0.3 is 9.84 Å². The highest BCUT2D eigenvalue weighted by Gasteiger charge is 2.36. The Morgan fingerprint density at radius 2 is 1.97 bits per heavy atom. The van der Waals surface area contributed by atoms with Crippen molar-refractivity contribution in [1.82, 2.24) is 4.90 Å². The van der Waals surface area contributed by atoms with Crippen molar-refractivity contribution < 1.29 is 24.2 Å². The van der Waals surface area contributed by atoms with E-state index in [9.17, 15) is 19.5 Å². The summed E-state index contributed by atoms with van der Waals surface area (Å²) in [5.74, 6) is -0.605. The number of allylic oxidation sites excluding steroid dienone is 1. The van der Waals surface area contributed by atoms with E-state index in [-0.39, 0.29) is 28.7 Å². The Hall–Kier alpha value is -2.84. The number of halogens is 1. The van der Waals surface area contributed by atoms with E-state index in [0.29, 0.717) is 23.1 Å². The molecular weight excluding hydrogens is 470 g/mol. The Morgan fingerprint density at radius 1 is 1.27 bits per heavy atom. The Balaban J connectivity index is 1.84. The third-order valence-corrected chi connectivity index (χ3v) is 5.84. The number of ether oxygens (including phenoxy) is 1. The zero-order valence-electron chi connectivity index (χ0n) is 16.1. The van der Waals surface area contributed by atoms with E-state index in [1.165, 1.54) is 7.11 Å². The maximum atomic E-state index is 12.7. The van der Waals surface area contributed by atoms with Gasteiger partial charge >= 0.3 is 0 Å². The molecule has 0 unspecified atom stereocenters. The highest BCUT2D eigenvalue weighted by atomic mass is 79.9. The summed E-state index contributed by atoms with van der Waals surface area (Å²) in [5.41, 5.74) is 1.59. The number of carbonyl (C=O) groups excluding carboxylic acids is 3. The first-order valence-electron chi connectivity index (χ1n) is 8.89. The number of aromatic hydroxyl groups is 1. The fourth-order valence-corrected chi connectivity index (χ4v) is 4.00. The van der Waals surface area contributed by atoms with Gasteiger partial charge in [-0.05, 0) is 54.1 Å². The van der Waals surface area contributed by atoms with Crippen LogP contribution < -0.4 is 4.74 Å². The van der Waals surface area contributed by atoms with E-state index in [1.54, 1.807) is 48.6 Å². The monoisotopic (exact) mass is 487 g/mol. The van der Waals surface area contributed by atoms with Gasteiger partial charge in [-0.15, -0.1) is 6.58 Å². The van der Waals surface area contributed by atoms with Crippen LogP contribution in [-0.4, -0.2) is 40.6 Å². The molecule has 1 N–H and O–H groups in total. The summed E-state index contributed by atoms with van der Waals surface area (Å²) in [7, 11) is 1.43. The Kier molecular flexibility index (Phi) is 6.79. The van der Waals surface area contributed by atoms with Gasteiger partial charge in [0, 0.05) is 15.6 Å². The topological polar surface area (TPSA) is 83.9 Å². The zero-order valence-corrected chi connectivity index (χ0v) is 18.5. The number of phenolic OH excluding ortho intramolecular Hbond substituents is 1. The van der Waals surface area contributed by atoms with Crippen molar-refractivity contribution in [3.63, 3.8) is 0 Å². The third-order valence-electron chi connectivity index (χ3n) is 4.40. The lowest BCUT2D eigenvalue weighted by Crippen LogP contribution is -2.33. The molecule has 3 rings (SSSR count). The van der Waals surface area contributed by atoms with E-state index in [4.69, 9.17) is 4.74 Å². The van der Waals surface area contributed by atoms with Gasteiger partial charge in [-0.2, -0.15) is 0 Å². The zero-order chi connectivity index (χ0) is 21.8. The van der Waals surface area contributed by atoms with E-state index >= 15 is 0 Å². The normalized spacial score (nSPS) is 15.0. The van der Waals surface area contributed by atoms with Crippen LogP contribution in [0.3, 0.4) is 0 Å². The number of carbonyl (C=O) groups is 3. The van der Waals surface area contributed by atoms with Crippen molar-refractivity contribution in [2.24, 2.45) is 0 Å². The molecule has 8 heteroatoms. The maximum Gasteiger partial charge on any atom is 0.293 e. The molecule has 0 radical (unpaired) electrons. The van der Waals surface area contributed by atoms with E-state index in [0.717, 1.165) is 21.1 Å². The molecule has 154 valence electrons. The van der Waals surface area contributed by atoms with Crippen LogP contribution >= 0.6 is 27.7 Å². The molecule has 1 saturated heterocycles. The Labute approximate surface area is 186 Å². The van der Waals surface area contributed by atoms with Crippen molar-refractivity contribution in [2.75, 3.05) is 13.7 Å². The standard InChI is InChI=1S/C22H18BrNO5S/c1-3-4-15-9-13(10-18(29-2)20(15)26)11-19-21(27)24(22(28)30-19)12-17(25)14-5-7-16(23)8-6-14/h3,5-11,26H,1,4,12H2,2H3/b19-11-. The minimum absolute atomic E-state index is 0.00255. The second-order valence-corrected chi connectivity index (χ2v) is 8.33. The molecule has 0 bridgehead atoms. The lowest BCUT2D eigenvalue weighted by Gasteiger charge is -2.11. The van der Waals surface area contributed by atoms with Crippen LogP contribution in [0.1, 0.15) is 21.5 Å². The van der Waals surface area contributed by atoms with Gasteiger partial charge in [-0.1, -0.05) is 34.1 Å². The van der Waals surface area contributed by atoms with Gasteiger partial charge in [-0.3, -0.25) is 19.3 Å². The number of imide groups is 1. The third kappa shape index (κ3) is 4.66. The van der Waals surface area contributed by atoms with Crippen LogP contribution in [-0.2, 0) is 11.2 Å². The predicted molar refractivity (Wildman–Crippen MR) is 120 cm³/mol. The number of Topliss-reactive ketones (excluding diaryl/α,β-unsaturated/α-hetero) is 1. The number of benzene rings is 2. The van der Waals surface area contributed by atoms with Crippen LogP contribution in [0.15, 0.2) is 58.4 Å². The lowest BCUT2D eigenvalue weighted by atomic mass is 10.1. The summed E-state index contributed by atoms with van der Waals surface area (Å²) in [5, 5.41) is 9.69. The number of thioether (sulfide) groups is 1. The second-order valence-electron chi connectivity index (χ2n) is 6.42. The molecule has 6 nitrogen and oxygen atoms in total. The number of amides is 2. The molecule has 0 atom stereocenters. The lowest BCUT2D eigenvalue weighted by molar-refractivity contribution is -0.122. The van der Waals surface area contributed by atoms with Crippen molar-refractivity contribution in [2.45, 2.75) is 6.42 Å². The first-order chi connectivity index (χ1) is 14.3. The first kappa shape index (κ1) is 21.9. The largest absolute Gasteiger partial charge is 0.504 e. The average Bonchev–Trinajstić information content (AvgIpc) is 2.98. The number of rotatable bonds is 7. The first-order valence-corrected chi connectivity index (χ1v) is 10.5. The molecule has 0 spiro atoms. The van der Waals surface area contributed by atoms with Crippen LogP contribution in [0, 0.1) is 0 Å². The molecule has 2 amide bonds. The molecule has 1 fully saturated rings. The van der Waals surface area contributed by atoms with Crippen LogP contribution in [0.2, 0.25) is 0 Å². The quantitative estimate of drug-likeness (QED) is 0.342. The number of phenols is 1. The molecule has 0 saturated carbocycles. The van der Waals surface area contributed by atoms with Crippen LogP contribution in [0.4, 0.5) is 4.79 Å². The molecule has 0 aromatic heterocycles. The van der Waals surface area contributed by atoms with Gasteiger partial charge in [0.05, 0.1) is 18.6 Å². The average molecular weight is 488 g/mol. The summed E-state index contributed by atoms with van der Waals surface area (Å²) in [4.78, 5) is 38.7. The number of hydrogen-bond acceptors (Lipinski definition) is 6. The molecule has 1 aliphatic heterocycles. The van der Waals surface area contributed by atoms with Crippen LogP contribution in [0.25, 0.3) is 6.08 Å². The Bertz CT molecular complexity index is 1060. The van der Waals surface area contributed by atoms with Crippen LogP contribution in [0.5, 0.6) is 11.5 Å². The number of ketones is 1. The Morgan fingerprint density at radius 3 is 2.60 bits per heavy atom. The predicted octanol–water partition coefficient (Wildman–Crippen LogP) is 4.81. The van der Waals surface area contributed by atoms with Gasteiger partial charge in [0.25, 0.3) is 11.1 Å². The summed E-state index contributed by atoms with van der Waals surface area (Å²) in [6.45, 7) is 3.33. The van der Waals surface area contributed by atoms with Crippen molar-refractivity contribution >= 4 is 50.7 Å². The highest BCUT2D eigenvalue weighted by Crippen LogP contribution is 2.36. The minimum atomic E-state index is -0.534. The van der Waals surface area contributed by atoms with Gasteiger partial charge in [0.1, 0.15) is 0 Å². The fraction of sp³-hybridized carbons (Fsp3) is 0.136. The number of nitrogens with zero attached hydrogens (tertiary/aromatic N) is 1. The molecular formula is C22H18BrNO5S. The van der Waals surface area contributed by atoms with Gasteiger partial charge in [-0.25, -0.2) is 0 Å². The number of hydrogen-bond donors (Lipinski definition) is 1. The highest BCUT2D eigenvalue weighted by molar-refractivity contribution is 9.10. The summed E-state index contributed by atoms with van der Waals surface area (Å²) in [6, 6.07) is 9.97. The van der Waals surface area contributed by atoms with E-state index in [2.05, 4.69) is 22.5 Å². The van der Waals surface area contributed by atoms with Crippen molar-refractivity contribution in [1.29, 1.82) is 0 Å². The molecule has 30 heavy (non-hydrogen) atoms. The van der Waals surface area contributed by atoms with E-state index in [1.807, 2.05) is 0 Å². The molecule has 0 aliphatic carbocycles. The number of methoxy groups -OCH3 is 1. The summed E-state index contributed by atoms with van der Waals surface area (Å²) in [6.07, 6.45) is 3.59. The maximum absolute atomic E-state index is 12.7. The van der Waals surface area contributed by atoms with Crippen molar-refractivity contribution in [3.8, 4) is 11.5 Å². The molecule has 2 aromatic rings. The summed E-state index contributed by atoms with van der Waals surface area (Å²) >= 11 is 4.07. The van der Waals surface area contributed by atoms with Crippen molar-refractivity contribution in [3.05, 3.63) is 75.1 Å². The fourth-order valence-electron chi connectivity index (χ4n) is 2.90. The molecule has 1 heterocycles. The SMILES string of the molecule is C=CCc1cc(/C=C2\SC(=O)N(CC(=O)c3ccc(Br)cc3)C2=O)cc(OC)c1O. The smallest absolute Gasteiger partial charge is 0.293 e. The minimum Gasteiger partial charge on any atom is -0.504 e. The van der Waals surface area contributed by atoms with Gasteiger partial charge in [0.15, 0.2) is 17.3 Å². The second kappa shape index (κ2) is 9.32. The molecule has 1 aliphatic rings.